The maximum absolute atomic E-state index is 13.2. The first-order chi connectivity index (χ1) is 8.58. The van der Waals surface area contributed by atoms with Crippen LogP contribution >= 0.6 is 27.3 Å². The summed E-state index contributed by atoms with van der Waals surface area (Å²) in [5, 5.41) is 11.5. The van der Waals surface area contributed by atoms with E-state index in [9.17, 15) is 9.50 Å². The van der Waals surface area contributed by atoms with Gasteiger partial charge in [0.2, 0.25) is 0 Å². The minimum absolute atomic E-state index is 0.349. The van der Waals surface area contributed by atoms with Crippen molar-refractivity contribution in [2.45, 2.75) is 19.6 Å². The molecule has 0 aliphatic heterocycles. The molecular weight excluding hydrogens is 319 g/mol. The fourth-order valence-corrected chi connectivity index (χ4v) is 2.93. The highest BCUT2D eigenvalue weighted by molar-refractivity contribution is 9.10. The molecule has 0 bridgehead atoms. The average Bonchev–Trinajstić information content (AvgIpc) is 2.72. The van der Waals surface area contributed by atoms with E-state index in [2.05, 4.69) is 15.9 Å². The van der Waals surface area contributed by atoms with E-state index in [-0.39, 0.29) is 5.82 Å². The van der Waals surface area contributed by atoms with Gasteiger partial charge in [-0.2, -0.15) is 0 Å². The third-order valence-electron chi connectivity index (χ3n) is 2.48. The second-order valence-corrected chi connectivity index (χ2v) is 5.69. The van der Waals surface area contributed by atoms with Gasteiger partial charge in [0, 0.05) is 16.1 Å². The van der Waals surface area contributed by atoms with Crippen LogP contribution in [0, 0.1) is 5.82 Å². The highest BCUT2D eigenvalue weighted by Gasteiger charge is 2.11. The lowest BCUT2D eigenvalue weighted by Crippen LogP contribution is -2.01. The van der Waals surface area contributed by atoms with Crippen LogP contribution < -0.4 is 4.74 Å². The maximum atomic E-state index is 13.2. The van der Waals surface area contributed by atoms with Crippen molar-refractivity contribution in [3.8, 4) is 5.75 Å². The largest absolute Gasteiger partial charge is 0.488 e. The Morgan fingerprint density at radius 1 is 1.44 bits per heavy atom. The molecule has 2 aromatic rings. The lowest BCUT2D eigenvalue weighted by molar-refractivity contribution is 0.190. The Bertz CT molecular complexity index is 540. The quantitative estimate of drug-likeness (QED) is 0.906. The summed E-state index contributed by atoms with van der Waals surface area (Å²) in [7, 11) is 0. The summed E-state index contributed by atoms with van der Waals surface area (Å²) < 4.78 is 19.7. The van der Waals surface area contributed by atoms with E-state index in [4.69, 9.17) is 4.74 Å². The third kappa shape index (κ3) is 3.10. The van der Waals surface area contributed by atoms with Crippen LogP contribution in [0.3, 0.4) is 0 Å². The fourth-order valence-electron chi connectivity index (χ4n) is 1.55. The van der Waals surface area contributed by atoms with E-state index in [0.717, 1.165) is 9.35 Å². The van der Waals surface area contributed by atoms with Crippen molar-refractivity contribution < 1.29 is 14.2 Å². The average molecular weight is 331 g/mol. The second-order valence-electron chi connectivity index (χ2n) is 3.84. The molecule has 0 spiro atoms. The van der Waals surface area contributed by atoms with Gasteiger partial charge in [0.05, 0.1) is 11.0 Å². The van der Waals surface area contributed by atoms with Crippen LogP contribution in [0.1, 0.15) is 23.5 Å². The molecule has 96 valence electrons. The Hall–Kier alpha value is -0.910. The summed E-state index contributed by atoms with van der Waals surface area (Å²) in [6.07, 6.45) is -0.688. The molecule has 0 radical (unpaired) electrons. The number of thiophene rings is 1. The summed E-state index contributed by atoms with van der Waals surface area (Å²) in [6, 6.07) is 6.09. The van der Waals surface area contributed by atoms with Crippen molar-refractivity contribution in [3.63, 3.8) is 0 Å². The van der Waals surface area contributed by atoms with Crippen molar-refractivity contribution in [2.75, 3.05) is 0 Å². The van der Waals surface area contributed by atoms with Crippen LogP contribution in [0.2, 0.25) is 0 Å². The normalized spacial score (nSPS) is 12.4. The molecule has 1 heterocycles. The van der Waals surface area contributed by atoms with E-state index in [1.165, 1.54) is 12.1 Å². The molecule has 0 fully saturated rings. The van der Waals surface area contributed by atoms with E-state index < -0.39 is 6.10 Å². The molecular formula is C13H12BrFO2S. The summed E-state index contributed by atoms with van der Waals surface area (Å²) in [5.41, 5.74) is 0.587. The lowest BCUT2D eigenvalue weighted by atomic mass is 10.1. The Morgan fingerprint density at radius 3 is 2.83 bits per heavy atom. The molecule has 2 nitrogen and oxygen atoms in total. The van der Waals surface area contributed by atoms with Gasteiger partial charge >= 0.3 is 0 Å². The van der Waals surface area contributed by atoms with E-state index in [1.54, 1.807) is 24.3 Å². The summed E-state index contributed by atoms with van der Waals surface area (Å²) in [5.74, 6) is 0.00458. The smallest absolute Gasteiger partial charge is 0.128 e. The molecule has 2 rings (SSSR count). The Morgan fingerprint density at radius 2 is 2.22 bits per heavy atom. The number of rotatable bonds is 4. The summed E-state index contributed by atoms with van der Waals surface area (Å²) >= 11 is 4.97. The van der Waals surface area contributed by atoms with Gasteiger partial charge < -0.3 is 9.84 Å². The van der Waals surface area contributed by atoms with Crippen LogP contribution in [0.5, 0.6) is 5.75 Å². The number of benzene rings is 1. The zero-order valence-corrected chi connectivity index (χ0v) is 12.1. The molecule has 1 N–H and O–H groups in total. The molecule has 0 saturated carbocycles. The Balaban J connectivity index is 2.18. The third-order valence-corrected chi connectivity index (χ3v) is 4.38. The van der Waals surface area contributed by atoms with Crippen LogP contribution in [0.15, 0.2) is 34.1 Å². The van der Waals surface area contributed by atoms with Gasteiger partial charge in [0.15, 0.2) is 0 Å². The molecule has 1 unspecified atom stereocenters. The first kappa shape index (κ1) is 13.5. The molecule has 0 aliphatic carbocycles. The summed E-state index contributed by atoms with van der Waals surface area (Å²) in [4.78, 5) is 1.02. The second kappa shape index (κ2) is 5.82. The van der Waals surface area contributed by atoms with Crippen LogP contribution in [-0.2, 0) is 6.61 Å². The Kier molecular flexibility index (Phi) is 4.37. The number of halogens is 2. The molecule has 0 aliphatic rings. The predicted octanol–water partition coefficient (Wildman–Crippen LogP) is 4.28. The predicted molar refractivity (Wildman–Crippen MR) is 73.4 cm³/mol. The van der Waals surface area contributed by atoms with E-state index in [1.807, 2.05) is 11.4 Å². The molecule has 1 atom stereocenters. The van der Waals surface area contributed by atoms with E-state index >= 15 is 0 Å². The number of aliphatic hydroxyl groups is 1. The number of hydrogen-bond donors (Lipinski definition) is 1. The highest BCUT2D eigenvalue weighted by atomic mass is 79.9. The lowest BCUT2D eigenvalue weighted by Gasteiger charge is -2.13. The number of ether oxygens (including phenoxy) is 1. The van der Waals surface area contributed by atoms with Gasteiger partial charge in [0.25, 0.3) is 0 Å². The van der Waals surface area contributed by atoms with Crippen molar-refractivity contribution in [1.82, 2.24) is 0 Å². The molecule has 18 heavy (non-hydrogen) atoms. The highest BCUT2D eigenvalue weighted by Crippen LogP contribution is 2.29. The zero-order chi connectivity index (χ0) is 13.1. The SMILES string of the molecule is CC(O)c1ccc(F)cc1OCc1sccc1Br. The van der Waals surface area contributed by atoms with Crippen molar-refractivity contribution in [1.29, 1.82) is 0 Å². The number of aliphatic hydroxyl groups excluding tert-OH is 1. The minimum atomic E-state index is -0.688. The van der Waals surface area contributed by atoms with E-state index in [0.29, 0.717) is 17.9 Å². The first-order valence-corrected chi connectivity index (χ1v) is 7.07. The Labute approximate surface area is 117 Å². The van der Waals surface area contributed by atoms with Crippen molar-refractivity contribution >= 4 is 27.3 Å². The first-order valence-electron chi connectivity index (χ1n) is 5.40. The molecule has 0 saturated heterocycles. The van der Waals surface area contributed by atoms with Gasteiger partial charge in [-0.15, -0.1) is 11.3 Å². The fraction of sp³-hybridized carbons (Fsp3) is 0.231. The monoisotopic (exact) mass is 330 g/mol. The standard InChI is InChI=1S/C13H12BrFO2S/c1-8(16)10-3-2-9(15)6-12(10)17-7-13-11(14)4-5-18-13/h2-6,8,16H,7H2,1H3. The minimum Gasteiger partial charge on any atom is -0.488 e. The van der Waals surface area contributed by atoms with Crippen LogP contribution in [-0.4, -0.2) is 5.11 Å². The van der Waals surface area contributed by atoms with Crippen LogP contribution in [0.25, 0.3) is 0 Å². The molecule has 0 amide bonds. The van der Waals surface area contributed by atoms with Gasteiger partial charge in [0.1, 0.15) is 18.2 Å². The molecule has 1 aromatic carbocycles. The van der Waals surface area contributed by atoms with Crippen molar-refractivity contribution in [2.24, 2.45) is 0 Å². The maximum Gasteiger partial charge on any atom is 0.128 e. The topological polar surface area (TPSA) is 29.5 Å². The van der Waals surface area contributed by atoms with Crippen molar-refractivity contribution in [3.05, 3.63) is 50.4 Å². The zero-order valence-electron chi connectivity index (χ0n) is 9.69. The molecule has 1 aromatic heterocycles. The molecule has 5 heteroatoms. The van der Waals surface area contributed by atoms with Crippen LogP contribution in [0.4, 0.5) is 4.39 Å². The number of hydrogen-bond acceptors (Lipinski definition) is 3. The summed E-state index contributed by atoms with van der Waals surface area (Å²) in [6.45, 7) is 1.97. The van der Waals surface area contributed by atoms with Gasteiger partial charge in [-0.25, -0.2) is 4.39 Å². The van der Waals surface area contributed by atoms with Gasteiger partial charge in [-0.05, 0) is 46.4 Å². The van der Waals surface area contributed by atoms with Gasteiger partial charge in [-0.1, -0.05) is 0 Å². The van der Waals surface area contributed by atoms with Gasteiger partial charge in [-0.3, -0.25) is 0 Å².